The molecule has 94 valence electrons. The van der Waals surface area contributed by atoms with E-state index in [1.165, 1.54) is 6.92 Å². The Balaban J connectivity index is 2.60. The van der Waals surface area contributed by atoms with E-state index < -0.39 is 0 Å². The maximum Gasteiger partial charge on any atom is 0.221 e. The Hall–Kier alpha value is -1.81. The number of hydrogen-bond donors (Lipinski definition) is 2. The molecule has 0 saturated carbocycles. The highest BCUT2D eigenvalue weighted by Gasteiger charge is 2.27. The van der Waals surface area contributed by atoms with Crippen LogP contribution < -0.4 is 5.32 Å². The van der Waals surface area contributed by atoms with Crippen LogP contribution in [-0.4, -0.2) is 16.8 Å². The minimum Gasteiger partial charge on any atom is -0.515 e. The number of fused-ring (bicyclic) bond motifs is 1. The third-order valence-electron chi connectivity index (χ3n) is 2.89. The van der Waals surface area contributed by atoms with Crippen LogP contribution in [0.3, 0.4) is 0 Å². The number of hydrogen-bond acceptors (Lipinski definition) is 3. The van der Waals surface area contributed by atoms with Gasteiger partial charge in [-0.25, -0.2) is 0 Å². The molecule has 2 rings (SSSR count). The minimum absolute atomic E-state index is 0.257. The zero-order valence-electron chi connectivity index (χ0n) is 9.79. The summed E-state index contributed by atoms with van der Waals surface area (Å²) in [5, 5.41) is 12.1. The van der Waals surface area contributed by atoms with Crippen molar-refractivity contribution < 1.29 is 14.7 Å². The Morgan fingerprint density at radius 3 is 2.78 bits per heavy atom. The molecule has 18 heavy (non-hydrogen) atoms. The van der Waals surface area contributed by atoms with E-state index in [2.05, 4.69) is 5.32 Å². The van der Waals surface area contributed by atoms with Crippen LogP contribution in [-0.2, 0) is 11.2 Å². The number of carbonyl (C=O) groups excluding carboxylic acids is 2. The molecule has 1 aromatic rings. The number of anilines is 1. The Morgan fingerprint density at radius 2 is 2.17 bits per heavy atom. The summed E-state index contributed by atoms with van der Waals surface area (Å²) in [6, 6.07) is 3.26. The smallest absolute Gasteiger partial charge is 0.221 e. The van der Waals surface area contributed by atoms with Gasteiger partial charge in [-0.1, -0.05) is 11.6 Å². The topological polar surface area (TPSA) is 66.4 Å². The van der Waals surface area contributed by atoms with Crippen LogP contribution >= 0.6 is 11.6 Å². The van der Waals surface area contributed by atoms with Gasteiger partial charge in [-0.05, 0) is 30.5 Å². The summed E-state index contributed by atoms with van der Waals surface area (Å²) in [7, 11) is 0. The van der Waals surface area contributed by atoms with Gasteiger partial charge in [0.05, 0.1) is 17.5 Å². The molecule has 1 aromatic carbocycles. The van der Waals surface area contributed by atoms with Gasteiger partial charge in [-0.3, -0.25) is 9.59 Å². The third-order valence-corrected chi connectivity index (χ3v) is 3.24. The molecule has 0 radical (unpaired) electrons. The highest BCUT2D eigenvalue weighted by molar-refractivity contribution is 6.32. The average molecular weight is 266 g/mol. The molecule has 2 N–H and O–H groups in total. The Kier molecular flexibility index (Phi) is 3.39. The minimum atomic E-state index is -0.287. The molecule has 0 bridgehead atoms. The second-order valence-corrected chi connectivity index (χ2v) is 4.52. The Morgan fingerprint density at radius 1 is 1.44 bits per heavy atom. The fourth-order valence-corrected chi connectivity index (χ4v) is 2.33. The molecule has 1 aliphatic rings. The van der Waals surface area contributed by atoms with Crippen molar-refractivity contribution in [3.8, 4) is 0 Å². The predicted molar refractivity (Wildman–Crippen MR) is 69.1 cm³/mol. The number of carbonyl (C=O) groups is 2. The predicted octanol–water partition coefficient (Wildman–Crippen LogP) is 2.87. The largest absolute Gasteiger partial charge is 0.515 e. The van der Waals surface area contributed by atoms with E-state index in [-0.39, 0.29) is 11.7 Å². The number of ketones is 1. The highest BCUT2D eigenvalue weighted by atomic mass is 35.5. The molecule has 1 aliphatic carbocycles. The first kappa shape index (κ1) is 12.6. The van der Waals surface area contributed by atoms with Gasteiger partial charge in [0.25, 0.3) is 0 Å². The van der Waals surface area contributed by atoms with Gasteiger partial charge in [0.1, 0.15) is 0 Å². The van der Waals surface area contributed by atoms with Crippen LogP contribution in [0.5, 0.6) is 0 Å². The van der Waals surface area contributed by atoms with E-state index in [1.54, 1.807) is 12.1 Å². The lowest BCUT2D eigenvalue weighted by Gasteiger charge is -2.21. The summed E-state index contributed by atoms with van der Waals surface area (Å²) in [5.41, 5.74) is 1.87. The van der Waals surface area contributed by atoms with Gasteiger partial charge < -0.3 is 10.4 Å². The van der Waals surface area contributed by atoms with Crippen molar-refractivity contribution in [2.45, 2.75) is 19.8 Å². The van der Waals surface area contributed by atoms with Crippen molar-refractivity contribution in [3.05, 3.63) is 40.1 Å². The van der Waals surface area contributed by atoms with Crippen LogP contribution in [0.1, 0.15) is 29.3 Å². The summed E-state index contributed by atoms with van der Waals surface area (Å²) in [6.07, 6.45) is 1.84. The van der Waals surface area contributed by atoms with Crippen LogP contribution in [0.4, 0.5) is 5.69 Å². The molecule has 0 aliphatic heterocycles. The average Bonchev–Trinajstić information content (AvgIpc) is 2.32. The van der Waals surface area contributed by atoms with Crippen molar-refractivity contribution in [1.29, 1.82) is 0 Å². The number of allylic oxidation sites excluding steroid dienone is 1. The summed E-state index contributed by atoms with van der Waals surface area (Å²) >= 11 is 6.06. The monoisotopic (exact) mass is 265 g/mol. The van der Waals surface area contributed by atoms with E-state index in [0.717, 1.165) is 11.8 Å². The van der Waals surface area contributed by atoms with Gasteiger partial charge in [-0.2, -0.15) is 0 Å². The fraction of sp³-hybridized carbons (Fsp3) is 0.231. The van der Waals surface area contributed by atoms with E-state index in [0.29, 0.717) is 34.7 Å². The normalized spacial score (nSPS) is 16.6. The van der Waals surface area contributed by atoms with E-state index in [9.17, 15) is 9.59 Å². The molecule has 0 saturated heterocycles. The third kappa shape index (κ3) is 2.11. The number of Topliss-reactive ketones (excluding diaryl/α,β-unsaturated/α-hetero) is 1. The number of aliphatic hydroxyl groups excluding tert-OH is 1. The molecule has 4 nitrogen and oxygen atoms in total. The zero-order valence-corrected chi connectivity index (χ0v) is 10.5. The number of benzene rings is 1. The Bertz CT molecular complexity index is 564. The Labute approximate surface area is 109 Å². The maximum atomic E-state index is 12.2. The highest BCUT2D eigenvalue weighted by Crippen LogP contribution is 2.35. The quantitative estimate of drug-likeness (QED) is 0.606. The lowest BCUT2D eigenvalue weighted by Crippen LogP contribution is -2.19. The summed E-state index contributed by atoms with van der Waals surface area (Å²) in [5.74, 6) is -0.544. The van der Waals surface area contributed by atoms with Crippen molar-refractivity contribution in [2.75, 3.05) is 5.32 Å². The van der Waals surface area contributed by atoms with Crippen LogP contribution in [0.15, 0.2) is 24.0 Å². The van der Waals surface area contributed by atoms with Crippen LogP contribution in [0.2, 0.25) is 5.02 Å². The number of rotatable bonds is 1. The second-order valence-electron chi connectivity index (χ2n) is 4.11. The SMILES string of the molecule is CC(=O)Nc1ccc(Cl)c2c1C(=O)C(=CO)CC2. The lowest BCUT2D eigenvalue weighted by atomic mass is 9.86. The molecule has 0 atom stereocenters. The first-order valence-electron chi connectivity index (χ1n) is 5.51. The van der Waals surface area contributed by atoms with Crippen LogP contribution in [0.25, 0.3) is 0 Å². The first-order valence-corrected chi connectivity index (χ1v) is 5.89. The summed E-state index contributed by atoms with van der Waals surface area (Å²) in [4.78, 5) is 23.3. The molecular formula is C13H12ClNO3. The van der Waals surface area contributed by atoms with Crippen molar-refractivity contribution in [1.82, 2.24) is 0 Å². The molecule has 0 fully saturated rings. The summed E-state index contributed by atoms with van der Waals surface area (Å²) in [6.45, 7) is 1.37. The number of amides is 1. The van der Waals surface area contributed by atoms with Gasteiger partial charge in [0.2, 0.25) is 5.91 Å². The lowest BCUT2D eigenvalue weighted by molar-refractivity contribution is -0.114. The standard InChI is InChI=1S/C13H12ClNO3/c1-7(17)15-11-5-4-10(14)9-3-2-8(6-16)13(18)12(9)11/h4-6,16H,2-3H2,1H3,(H,15,17). The number of halogens is 1. The molecule has 5 heteroatoms. The van der Waals surface area contributed by atoms with Gasteiger partial charge in [0, 0.05) is 17.5 Å². The number of nitrogens with one attached hydrogen (secondary N) is 1. The molecule has 0 spiro atoms. The van der Waals surface area contributed by atoms with Crippen molar-refractivity contribution >= 4 is 29.0 Å². The van der Waals surface area contributed by atoms with Crippen molar-refractivity contribution in [3.63, 3.8) is 0 Å². The molecule has 1 amide bonds. The fourth-order valence-electron chi connectivity index (χ4n) is 2.08. The molecule has 0 heterocycles. The van der Waals surface area contributed by atoms with Crippen molar-refractivity contribution in [2.24, 2.45) is 0 Å². The maximum absolute atomic E-state index is 12.2. The van der Waals surface area contributed by atoms with E-state index >= 15 is 0 Å². The van der Waals surface area contributed by atoms with Gasteiger partial charge in [0.15, 0.2) is 5.78 Å². The summed E-state index contributed by atoms with van der Waals surface area (Å²) < 4.78 is 0. The zero-order chi connectivity index (χ0) is 13.3. The second kappa shape index (κ2) is 4.82. The molecule has 0 aromatic heterocycles. The molecular weight excluding hydrogens is 254 g/mol. The molecule has 0 unspecified atom stereocenters. The van der Waals surface area contributed by atoms with Gasteiger partial charge in [-0.15, -0.1) is 0 Å². The van der Waals surface area contributed by atoms with E-state index in [1.807, 2.05) is 0 Å². The van der Waals surface area contributed by atoms with Crippen LogP contribution in [0, 0.1) is 0 Å². The van der Waals surface area contributed by atoms with Gasteiger partial charge >= 0.3 is 0 Å². The first-order chi connectivity index (χ1) is 8.54. The number of aliphatic hydroxyl groups is 1. The van der Waals surface area contributed by atoms with E-state index in [4.69, 9.17) is 16.7 Å².